The number of pyridine rings is 1. The van der Waals surface area contributed by atoms with Crippen molar-refractivity contribution in [2.75, 3.05) is 0 Å². The van der Waals surface area contributed by atoms with Crippen molar-refractivity contribution in [1.29, 1.82) is 0 Å². The van der Waals surface area contributed by atoms with Crippen LogP contribution in [0.25, 0.3) is 0 Å². The van der Waals surface area contributed by atoms with Gasteiger partial charge in [-0.05, 0) is 38.5 Å². The van der Waals surface area contributed by atoms with Gasteiger partial charge >= 0.3 is 0 Å². The van der Waals surface area contributed by atoms with Gasteiger partial charge in [-0.3, -0.25) is 19.4 Å². The predicted octanol–water partition coefficient (Wildman–Crippen LogP) is -0.663. The van der Waals surface area contributed by atoms with Crippen LogP contribution in [0, 0.1) is 0 Å². The van der Waals surface area contributed by atoms with Gasteiger partial charge in [0.2, 0.25) is 17.7 Å². The molecule has 3 rings (SSSR count). The number of rotatable bonds is 5. The predicted molar refractivity (Wildman–Crippen MR) is 95.7 cm³/mol. The first kappa shape index (κ1) is 19.3. The monoisotopic (exact) mass is 394 g/mol. The van der Waals surface area contributed by atoms with Crippen LogP contribution in [0.1, 0.15) is 32.8 Å². The van der Waals surface area contributed by atoms with E-state index in [1.54, 1.807) is 24.5 Å². The van der Waals surface area contributed by atoms with Gasteiger partial charge in [0, 0.05) is 18.9 Å². The maximum atomic E-state index is 12.7. The SMILES string of the molecule is CC(NC(=O)C1N2C(=O)CC2S(=O)(=O)C1(C)C)C(=O)NCc1ccncc1. The minimum atomic E-state index is -3.66. The number of nitrogens with zero attached hydrogens (tertiary/aromatic N) is 2. The van der Waals surface area contributed by atoms with E-state index < -0.39 is 43.9 Å². The fourth-order valence-electron chi connectivity index (χ4n) is 3.45. The molecule has 3 atom stereocenters. The summed E-state index contributed by atoms with van der Waals surface area (Å²) in [6.45, 7) is 4.65. The maximum absolute atomic E-state index is 12.7. The van der Waals surface area contributed by atoms with E-state index in [-0.39, 0.29) is 18.9 Å². The van der Waals surface area contributed by atoms with Gasteiger partial charge < -0.3 is 15.5 Å². The van der Waals surface area contributed by atoms with E-state index in [0.29, 0.717) is 0 Å². The van der Waals surface area contributed by atoms with Crippen LogP contribution in [-0.4, -0.2) is 58.2 Å². The molecule has 1 aromatic rings. The van der Waals surface area contributed by atoms with E-state index in [1.807, 2.05) is 0 Å². The molecule has 3 amide bonds. The van der Waals surface area contributed by atoms with E-state index in [0.717, 1.165) is 10.5 Å². The van der Waals surface area contributed by atoms with Crippen LogP contribution >= 0.6 is 0 Å². The number of carbonyl (C=O) groups is 3. The quantitative estimate of drug-likeness (QED) is 0.639. The summed E-state index contributed by atoms with van der Waals surface area (Å²) in [4.78, 5) is 41.8. The molecule has 2 fully saturated rings. The molecular formula is C17H22N4O5S. The number of sulfone groups is 1. The molecule has 2 N–H and O–H groups in total. The van der Waals surface area contributed by atoms with Crippen LogP contribution in [0.15, 0.2) is 24.5 Å². The number of hydrogen-bond donors (Lipinski definition) is 2. The fourth-order valence-corrected chi connectivity index (χ4v) is 5.59. The van der Waals surface area contributed by atoms with Crippen molar-refractivity contribution < 1.29 is 22.8 Å². The Morgan fingerprint density at radius 3 is 2.56 bits per heavy atom. The summed E-state index contributed by atoms with van der Waals surface area (Å²) < 4.78 is 23.7. The van der Waals surface area contributed by atoms with Crippen molar-refractivity contribution in [2.45, 2.75) is 55.9 Å². The van der Waals surface area contributed by atoms with Crippen LogP contribution in [0.5, 0.6) is 0 Å². The van der Waals surface area contributed by atoms with Crippen molar-refractivity contribution in [3.63, 3.8) is 0 Å². The third-order valence-electron chi connectivity index (χ3n) is 5.19. The third-order valence-corrected chi connectivity index (χ3v) is 7.99. The molecule has 0 saturated carbocycles. The van der Waals surface area contributed by atoms with Crippen molar-refractivity contribution >= 4 is 27.6 Å². The molecule has 3 unspecified atom stereocenters. The van der Waals surface area contributed by atoms with Gasteiger partial charge in [0.1, 0.15) is 17.5 Å². The van der Waals surface area contributed by atoms with Gasteiger partial charge in [0.25, 0.3) is 0 Å². The number of carbonyl (C=O) groups excluding carboxylic acids is 3. The lowest BCUT2D eigenvalue weighted by Gasteiger charge is -2.37. The van der Waals surface area contributed by atoms with Crippen molar-refractivity contribution in [2.24, 2.45) is 0 Å². The third kappa shape index (κ3) is 3.07. The molecule has 0 aromatic carbocycles. The molecule has 2 aliphatic heterocycles. The van der Waals surface area contributed by atoms with E-state index in [9.17, 15) is 22.8 Å². The fraction of sp³-hybridized carbons (Fsp3) is 0.529. The van der Waals surface area contributed by atoms with Crippen LogP contribution < -0.4 is 10.6 Å². The number of β-lactam (4-membered cyclic amide) rings is 1. The normalized spacial score (nSPS) is 25.9. The zero-order valence-corrected chi connectivity index (χ0v) is 16.1. The second kappa shape index (κ2) is 6.59. The highest BCUT2D eigenvalue weighted by atomic mass is 32.2. The lowest BCUT2D eigenvalue weighted by Crippen LogP contribution is -2.61. The van der Waals surface area contributed by atoms with Gasteiger partial charge in [0.15, 0.2) is 9.84 Å². The topological polar surface area (TPSA) is 126 Å². The van der Waals surface area contributed by atoms with E-state index in [4.69, 9.17) is 0 Å². The summed E-state index contributed by atoms with van der Waals surface area (Å²) in [5.74, 6) is -1.43. The van der Waals surface area contributed by atoms with E-state index in [1.165, 1.54) is 20.8 Å². The average Bonchev–Trinajstić information content (AvgIpc) is 2.74. The summed E-state index contributed by atoms with van der Waals surface area (Å²) in [7, 11) is -3.66. The number of aromatic nitrogens is 1. The van der Waals surface area contributed by atoms with Gasteiger partial charge in [0.05, 0.1) is 11.2 Å². The Morgan fingerprint density at radius 2 is 1.96 bits per heavy atom. The second-order valence-corrected chi connectivity index (χ2v) is 10.0. The lowest BCUT2D eigenvalue weighted by molar-refractivity contribution is -0.150. The Labute approximate surface area is 157 Å². The molecule has 0 aliphatic carbocycles. The molecule has 10 heteroatoms. The number of hydrogen-bond acceptors (Lipinski definition) is 6. The Morgan fingerprint density at radius 1 is 1.33 bits per heavy atom. The molecular weight excluding hydrogens is 372 g/mol. The molecule has 9 nitrogen and oxygen atoms in total. The summed E-state index contributed by atoms with van der Waals surface area (Å²) in [5.41, 5.74) is 0.855. The van der Waals surface area contributed by atoms with Gasteiger partial charge in [-0.25, -0.2) is 8.42 Å². The first-order valence-electron chi connectivity index (χ1n) is 8.59. The highest BCUT2D eigenvalue weighted by molar-refractivity contribution is 7.93. The maximum Gasteiger partial charge on any atom is 0.245 e. The van der Waals surface area contributed by atoms with Crippen LogP contribution in [-0.2, 0) is 30.8 Å². The first-order chi connectivity index (χ1) is 12.6. The molecule has 2 aliphatic rings. The standard InChI is InChI=1S/C17H22N4O5S/c1-10(15(23)19-9-11-4-6-18-7-5-11)20-16(24)14-17(2,3)27(25,26)13-8-12(22)21(13)14/h4-7,10,13-14H,8-9H2,1-3H3,(H,19,23)(H,20,24). The molecule has 146 valence electrons. The summed E-state index contributed by atoms with van der Waals surface area (Å²) >= 11 is 0. The summed E-state index contributed by atoms with van der Waals surface area (Å²) in [6, 6.07) is 1.48. The highest BCUT2D eigenvalue weighted by Gasteiger charge is 2.67. The Kier molecular flexibility index (Phi) is 4.71. The Balaban J connectivity index is 1.65. The largest absolute Gasteiger partial charge is 0.350 e. The molecule has 1 aromatic heterocycles. The second-order valence-electron chi connectivity index (χ2n) is 7.31. The zero-order valence-electron chi connectivity index (χ0n) is 15.3. The van der Waals surface area contributed by atoms with E-state index >= 15 is 0 Å². The summed E-state index contributed by atoms with van der Waals surface area (Å²) in [5, 5.41) is 4.28. The van der Waals surface area contributed by atoms with Crippen LogP contribution in [0.2, 0.25) is 0 Å². The number of fused-ring (bicyclic) bond motifs is 1. The van der Waals surface area contributed by atoms with E-state index in [2.05, 4.69) is 15.6 Å². The highest BCUT2D eigenvalue weighted by Crippen LogP contribution is 2.45. The Bertz CT molecular complexity index is 884. The van der Waals surface area contributed by atoms with Gasteiger partial charge in [-0.15, -0.1) is 0 Å². The molecule has 2 saturated heterocycles. The molecule has 27 heavy (non-hydrogen) atoms. The average molecular weight is 394 g/mol. The minimum absolute atomic E-state index is 0.0997. The van der Waals surface area contributed by atoms with Crippen molar-refractivity contribution in [3.05, 3.63) is 30.1 Å². The first-order valence-corrected chi connectivity index (χ1v) is 10.1. The van der Waals surface area contributed by atoms with Gasteiger partial charge in [-0.2, -0.15) is 0 Å². The van der Waals surface area contributed by atoms with Crippen molar-refractivity contribution in [1.82, 2.24) is 20.5 Å². The number of nitrogens with one attached hydrogen (secondary N) is 2. The van der Waals surface area contributed by atoms with Crippen LogP contribution in [0.3, 0.4) is 0 Å². The van der Waals surface area contributed by atoms with Crippen molar-refractivity contribution in [3.8, 4) is 0 Å². The minimum Gasteiger partial charge on any atom is -0.350 e. The lowest BCUT2D eigenvalue weighted by atomic mass is 9.97. The molecule has 0 spiro atoms. The summed E-state index contributed by atoms with van der Waals surface area (Å²) in [6.07, 6.45) is 3.11. The molecule has 0 bridgehead atoms. The molecule has 3 heterocycles. The van der Waals surface area contributed by atoms with Gasteiger partial charge in [-0.1, -0.05) is 0 Å². The Hall–Kier alpha value is -2.49. The van der Waals surface area contributed by atoms with Crippen LogP contribution in [0.4, 0.5) is 0 Å². The zero-order chi connectivity index (χ0) is 20.0. The number of amides is 3. The molecule has 0 radical (unpaired) electrons. The smallest absolute Gasteiger partial charge is 0.245 e.